The second-order valence-electron chi connectivity index (χ2n) is 7.82. The van der Waals surface area contributed by atoms with Crippen molar-refractivity contribution in [3.8, 4) is 5.75 Å². The minimum Gasteiger partial charge on any atom is -0.485 e. The molecular weight excluding hydrogens is 390 g/mol. The van der Waals surface area contributed by atoms with Crippen molar-refractivity contribution in [1.29, 1.82) is 0 Å². The number of nitrogens with zero attached hydrogens (tertiary/aromatic N) is 5. The molecule has 3 N–H and O–H groups in total. The van der Waals surface area contributed by atoms with E-state index in [0.717, 1.165) is 42.3 Å². The van der Waals surface area contributed by atoms with Gasteiger partial charge in [0.2, 0.25) is 11.9 Å². The summed E-state index contributed by atoms with van der Waals surface area (Å²) in [5.74, 6) is 2.21. The van der Waals surface area contributed by atoms with Gasteiger partial charge < -0.3 is 20.7 Å². The molecule has 0 fully saturated rings. The number of hydrogen-bond donors (Lipinski definition) is 2. The highest BCUT2D eigenvalue weighted by Gasteiger charge is 2.25. The van der Waals surface area contributed by atoms with E-state index in [9.17, 15) is 0 Å². The number of benzene rings is 2. The van der Waals surface area contributed by atoms with Gasteiger partial charge in [-0.05, 0) is 44.7 Å². The summed E-state index contributed by atoms with van der Waals surface area (Å²) < 4.78 is 6.24. The predicted molar refractivity (Wildman–Crippen MR) is 124 cm³/mol. The Kier molecular flexibility index (Phi) is 6.18. The minimum atomic E-state index is 0.0589. The number of nitrogens with two attached hydrogens (primary N) is 1. The number of nitrogens with one attached hydrogen (secondary N) is 1. The van der Waals surface area contributed by atoms with Crippen molar-refractivity contribution >= 4 is 23.3 Å². The molecule has 2 heterocycles. The van der Waals surface area contributed by atoms with Crippen molar-refractivity contribution in [2.24, 2.45) is 0 Å². The Hall–Kier alpha value is -3.39. The van der Waals surface area contributed by atoms with Gasteiger partial charge in [0.15, 0.2) is 0 Å². The fourth-order valence-electron chi connectivity index (χ4n) is 3.83. The largest absolute Gasteiger partial charge is 0.485 e. The second kappa shape index (κ2) is 9.18. The average molecular weight is 420 g/mol. The molecule has 1 aliphatic rings. The lowest BCUT2D eigenvalue weighted by Gasteiger charge is -2.37. The normalized spacial score (nSPS) is 15.5. The Morgan fingerprint density at radius 2 is 1.90 bits per heavy atom. The molecule has 0 bridgehead atoms. The number of aryl methyl sites for hydroxylation is 1. The maximum atomic E-state index is 6.24. The number of likely N-dealkylation sites (N-methyl/N-ethyl adjacent to an activating group) is 2. The van der Waals surface area contributed by atoms with Crippen molar-refractivity contribution < 1.29 is 4.74 Å². The van der Waals surface area contributed by atoms with Gasteiger partial charge in [-0.1, -0.05) is 30.3 Å². The molecule has 3 aromatic rings. The van der Waals surface area contributed by atoms with Crippen molar-refractivity contribution in [1.82, 2.24) is 19.9 Å². The number of rotatable bonds is 7. The Balaban J connectivity index is 1.42. The van der Waals surface area contributed by atoms with Gasteiger partial charge in [0.25, 0.3) is 0 Å². The Morgan fingerprint density at radius 1 is 1.13 bits per heavy atom. The smallest absolute Gasteiger partial charge is 0.232 e. The number of fused-ring (bicyclic) bond motifs is 1. The number of hydrogen-bond acceptors (Lipinski definition) is 8. The van der Waals surface area contributed by atoms with Crippen molar-refractivity contribution in [2.45, 2.75) is 26.5 Å². The van der Waals surface area contributed by atoms with E-state index < -0.39 is 0 Å². The second-order valence-corrected chi connectivity index (χ2v) is 7.82. The summed E-state index contributed by atoms with van der Waals surface area (Å²) in [4.78, 5) is 17.6. The molecule has 0 amide bonds. The fraction of sp³-hybridized carbons (Fsp3) is 0.348. The van der Waals surface area contributed by atoms with Gasteiger partial charge in [0, 0.05) is 18.8 Å². The van der Waals surface area contributed by atoms with Crippen LogP contribution >= 0.6 is 0 Å². The van der Waals surface area contributed by atoms with Gasteiger partial charge in [-0.3, -0.25) is 4.90 Å². The molecule has 4 rings (SSSR count). The maximum Gasteiger partial charge on any atom is 0.232 e. The molecule has 1 atom stereocenters. The number of anilines is 4. The SMILES string of the molecule is CCN1C[C@@H](CN(C)Cc2nc(N)nc(Nc3ccccc3C)n2)Oc2ccccc21. The van der Waals surface area contributed by atoms with E-state index in [0.29, 0.717) is 18.3 Å². The lowest BCUT2D eigenvalue weighted by molar-refractivity contribution is 0.138. The van der Waals surface area contributed by atoms with Crippen LogP contribution in [0.25, 0.3) is 0 Å². The van der Waals surface area contributed by atoms with Gasteiger partial charge >= 0.3 is 0 Å². The third-order valence-electron chi connectivity index (χ3n) is 5.32. The van der Waals surface area contributed by atoms with Gasteiger partial charge in [-0.25, -0.2) is 0 Å². The van der Waals surface area contributed by atoms with Gasteiger partial charge in [-0.15, -0.1) is 0 Å². The maximum absolute atomic E-state index is 6.24. The Morgan fingerprint density at radius 3 is 2.71 bits per heavy atom. The van der Waals surface area contributed by atoms with Crippen molar-refractivity contribution in [2.75, 3.05) is 42.6 Å². The summed E-state index contributed by atoms with van der Waals surface area (Å²) in [5, 5.41) is 3.24. The van der Waals surface area contributed by atoms with Crippen LogP contribution in [-0.4, -0.2) is 52.6 Å². The minimum absolute atomic E-state index is 0.0589. The first kappa shape index (κ1) is 20.9. The molecule has 1 aliphatic heterocycles. The van der Waals surface area contributed by atoms with Crippen LogP contribution in [0.2, 0.25) is 0 Å². The summed E-state index contributed by atoms with van der Waals surface area (Å²) >= 11 is 0. The zero-order valence-corrected chi connectivity index (χ0v) is 18.2. The van der Waals surface area contributed by atoms with E-state index in [1.807, 2.05) is 56.4 Å². The molecule has 8 nitrogen and oxygen atoms in total. The molecule has 0 unspecified atom stereocenters. The fourth-order valence-corrected chi connectivity index (χ4v) is 3.83. The molecule has 0 saturated carbocycles. The number of aromatic nitrogens is 3. The molecule has 0 aliphatic carbocycles. The Labute approximate surface area is 183 Å². The van der Waals surface area contributed by atoms with Crippen molar-refractivity contribution in [3.63, 3.8) is 0 Å². The van der Waals surface area contributed by atoms with Gasteiger partial charge in [-0.2, -0.15) is 15.0 Å². The average Bonchev–Trinajstić information content (AvgIpc) is 2.74. The lowest BCUT2D eigenvalue weighted by Crippen LogP contribution is -2.45. The number of para-hydroxylation sites is 3. The molecule has 0 spiro atoms. The van der Waals surface area contributed by atoms with E-state index in [4.69, 9.17) is 10.5 Å². The molecule has 2 aromatic carbocycles. The zero-order valence-electron chi connectivity index (χ0n) is 18.2. The van der Waals surface area contributed by atoms with E-state index in [-0.39, 0.29) is 12.1 Å². The van der Waals surface area contributed by atoms with Crippen LogP contribution in [-0.2, 0) is 6.54 Å². The third kappa shape index (κ3) is 5.03. The van der Waals surface area contributed by atoms with E-state index in [2.05, 4.69) is 43.1 Å². The standard InChI is InChI=1S/C23H29N7O/c1-4-30-14-17(31-20-12-8-7-11-19(20)30)13-29(3)15-21-26-22(24)28-23(27-21)25-18-10-6-5-9-16(18)2/h5-12,17H,4,13-15H2,1-3H3,(H3,24,25,26,27,28)/t17-/m1/s1. The molecule has 8 heteroatoms. The summed E-state index contributed by atoms with van der Waals surface area (Å²) in [5.41, 5.74) is 9.15. The molecule has 162 valence electrons. The van der Waals surface area contributed by atoms with Crippen LogP contribution in [0, 0.1) is 6.92 Å². The monoisotopic (exact) mass is 419 g/mol. The summed E-state index contributed by atoms with van der Waals surface area (Å²) in [6.45, 7) is 7.28. The number of nitrogen functional groups attached to an aromatic ring is 1. The van der Waals surface area contributed by atoms with Crippen LogP contribution in [0.1, 0.15) is 18.3 Å². The first-order valence-electron chi connectivity index (χ1n) is 10.5. The highest BCUT2D eigenvalue weighted by atomic mass is 16.5. The van der Waals surface area contributed by atoms with E-state index in [1.165, 1.54) is 0 Å². The first-order valence-corrected chi connectivity index (χ1v) is 10.5. The van der Waals surface area contributed by atoms with Crippen LogP contribution in [0.5, 0.6) is 5.75 Å². The van der Waals surface area contributed by atoms with E-state index >= 15 is 0 Å². The molecule has 1 aromatic heterocycles. The van der Waals surface area contributed by atoms with Gasteiger partial charge in [0.05, 0.1) is 18.8 Å². The van der Waals surface area contributed by atoms with Crippen LogP contribution in [0.15, 0.2) is 48.5 Å². The topological polar surface area (TPSA) is 92.4 Å². The molecule has 31 heavy (non-hydrogen) atoms. The van der Waals surface area contributed by atoms with E-state index in [1.54, 1.807) is 0 Å². The zero-order chi connectivity index (χ0) is 21.8. The van der Waals surface area contributed by atoms with Crippen molar-refractivity contribution in [3.05, 3.63) is 59.9 Å². The predicted octanol–water partition coefficient (Wildman–Crippen LogP) is 3.23. The highest BCUT2D eigenvalue weighted by Crippen LogP contribution is 2.32. The first-order chi connectivity index (χ1) is 15.0. The Bertz CT molecular complexity index is 1040. The van der Waals surface area contributed by atoms with Crippen LogP contribution in [0.4, 0.5) is 23.3 Å². The van der Waals surface area contributed by atoms with Gasteiger partial charge in [0.1, 0.15) is 17.7 Å². The third-order valence-corrected chi connectivity index (χ3v) is 5.32. The highest BCUT2D eigenvalue weighted by molar-refractivity contribution is 5.60. The quantitative estimate of drug-likeness (QED) is 0.603. The van der Waals surface area contributed by atoms with Crippen LogP contribution < -0.4 is 20.7 Å². The molecule has 0 radical (unpaired) electrons. The molecular formula is C23H29N7O. The summed E-state index contributed by atoms with van der Waals surface area (Å²) in [6.07, 6.45) is 0.0589. The number of ether oxygens (including phenoxy) is 1. The summed E-state index contributed by atoms with van der Waals surface area (Å²) in [7, 11) is 2.04. The van der Waals surface area contributed by atoms with Crippen LogP contribution in [0.3, 0.4) is 0 Å². The lowest BCUT2D eigenvalue weighted by atomic mass is 10.2. The molecule has 0 saturated heterocycles. The summed E-state index contributed by atoms with van der Waals surface area (Å²) in [6, 6.07) is 16.2.